The molecule has 1 saturated heterocycles. The van der Waals surface area contributed by atoms with E-state index in [2.05, 4.69) is 18.5 Å². The first-order valence-electron chi connectivity index (χ1n) is 7.10. The molecular weight excluding hydrogens is 260 g/mol. The summed E-state index contributed by atoms with van der Waals surface area (Å²) in [6.07, 6.45) is 5.60. The zero-order valence-corrected chi connectivity index (χ0v) is 12.9. The molecule has 0 aromatic heterocycles. The SMILES string of the molecule is CSCCC(C)N1CCC(=O)NC(C)(C2CC2)C1=O. The molecule has 2 amide bonds. The largest absolute Gasteiger partial charge is 0.342 e. The van der Waals surface area contributed by atoms with Crippen LogP contribution in [0.2, 0.25) is 0 Å². The fraction of sp³-hybridized carbons (Fsp3) is 0.857. The van der Waals surface area contributed by atoms with E-state index in [9.17, 15) is 9.59 Å². The zero-order valence-electron chi connectivity index (χ0n) is 12.1. The van der Waals surface area contributed by atoms with Crippen molar-refractivity contribution in [2.75, 3.05) is 18.6 Å². The Labute approximate surface area is 119 Å². The molecular formula is C14H24N2O2S. The van der Waals surface area contributed by atoms with E-state index in [1.807, 2.05) is 11.8 Å². The molecule has 1 N–H and O–H groups in total. The van der Waals surface area contributed by atoms with Gasteiger partial charge in [0.05, 0.1) is 0 Å². The minimum Gasteiger partial charge on any atom is -0.342 e. The lowest BCUT2D eigenvalue weighted by molar-refractivity contribution is -0.140. The number of nitrogens with zero attached hydrogens (tertiary/aromatic N) is 1. The molecule has 0 aromatic rings. The van der Waals surface area contributed by atoms with Crippen LogP contribution < -0.4 is 5.32 Å². The molecule has 1 saturated carbocycles. The third-order valence-electron chi connectivity index (χ3n) is 4.35. The summed E-state index contributed by atoms with van der Waals surface area (Å²) in [4.78, 5) is 26.6. The van der Waals surface area contributed by atoms with Gasteiger partial charge in [0.1, 0.15) is 5.54 Å². The van der Waals surface area contributed by atoms with Crippen molar-refractivity contribution in [1.82, 2.24) is 10.2 Å². The van der Waals surface area contributed by atoms with Gasteiger partial charge in [-0.25, -0.2) is 0 Å². The van der Waals surface area contributed by atoms with E-state index in [0.717, 1.165) is 25.0 Å². The number of rotatable bonds is 5. The smallest absolute Gasteiger partial charge is 0.248 e. The average Bonchev–Trinajstić information content (AvgIpc) is 3.19. The maximum absolute atomic E-state index is 12.8. The maximum atomic E-state index is 12.8. The summed E-state index contributed by atoms with van der Waals surface area (Å²) < 4.78 is 0. The Kier molecular flexibility index (Phi) is 4.43. The minimum atomic E-state index is -0.665. The molecule has 0 radical (unpaired) electrons. The number of hydrogen-bond donors (Lipinski definition) is 1. The Hall–Kier alpha value is -0.710. The van der Waals surface area contributed by atoms with Crippen molar-refractivity contribution < 1.29 is 9.59 Å². The van der Waals surface area contributed by atoms with E-state index in [0.29, 0.717) is 18.9 Å². The zero-order chi connectivity index (χ0) is 14.0. The third-order valence-corrected chi connectivity index (χ3v) is 4.99. The highest BCUT2D eigenvalue weighted by Gasteiger charge is 2.51. The van der Waals surface area contributed by atoms with Crippen molar-refractivity contribution >= 4 is 23.6 Å². The summed E-state index contributed by atoms with van der Waals surface area (Å²) in [5.41, 5.74) is -0.665. The molecule has 108 valence electrons. The van der Waals surface area contributed by atoms with Crippen molar-refractivity contribution in [2.24, 2.45) is 5.92 Å². The molecule has 2 aliphatic rings. The van der Waals surface area contributed by atoms with Crippen LogP contribution in [0.25, 0.3) is 0 Å². The van der Waals surface area contributed by atoms with Gasteiger partial charge in [0, 0.05) is 19.0 Å². The van der Waals surface area contributed by atoms with Gasteiger partial charge in [-0.3, -0.25) is 9.59 Å². The van der Waals surface area contributed by atoms with Crippen LogP contribution in [0.4, 0.5) is 0 Å². The fourth-order valence-electron chi connectivity index (χ4n) is 2.83. The summed E-state index contributed by atoms with van der Waals surface area (Å²) in [5, 5.41) is 2.97. The van der Waals surface area contributed by atoms with Gasteiger partial charge in [-0.1, -0.05) is 0 Å². The molecule has 2 unspecified atom stereocenters. The first-order valence-corrected chi connectivity index (χ1v) is 8.49. The Balaban J connectivity index is 2.14. The quantitative estimate of drug-likeness (QED) is 0.835. The molecule has 0 bridgehead atoms. The number of carbonyl (C=O) groups is 2. The van der Waals surface area contributed by atoms with Crippen LogP contribution >= 0.6 is 11.8 Å². The third kappa shape index (κ3) is 3.07. The van der Waals surface area contributed by atoms with Crippen LogP contribution in [0, 0.1) is 5.92 Å². The van der Waals surface area contributed by atoms with Crippen LogP contribution in [0.1, 0.15) is 39.5 Å². The number of hydrogen-bond acceptors (Lipinski definition) is 3. The number of amides is 2. The predicted octanol–water partition coefficient (Wildman–Crippen LogP) is 1.65. The fourth-order valence-corrected chi connectivity index (χ4v) is 3.41. The molecule has 19 heavy (non-hydrogen) atoms. The van der Waals surface area contributed by atoms with E-state index >= 15 is 0 Å². The van der Waals surface area contributed by atoms with E-state index in [-0.39, 0.29) is 17.9 Å². The van der Waals surface area contributed by atoms with E-state index in [1.165, 1.54) is 0 Å². The summed E-state index contributed by atoms with van der Waals surface area (Å²) in [7, 11) is 0. The molecule has 2 atom stereocenters. The van der Waals surface area contributed by atoms with Crippen LogP contribution in [0.15, 0.2) is 0 Å². The standard InChI is InChI=1S/C14H24N2O2S/c1-10(7-9-19-3)16-8-6-12(17)15-14(2,13(16)18)11-4-5-11/h10-11H,4-9H2,1-3H3,(H,15,17). The first kappa shape index (κ1) is 14.7. The Bertz CT molecular complexity index is 370. The summed E-state index contributed by atoms with van der Waals surface area (Å²) in [6, 6.07) is 0.214. The van der Waals surface area contributed by atoms with Crippen molar-refractivity contribution in [2.45, 2.75) is 51.1 Å². The predicted molar refractivity (Wildman–Crippen MR) is 78.1 cm³/mol. The van der Waals surface area contributed by atoms with Gasteiger partial charge in [0.2, 0.25) is 11.8 Å². The second-order valence-corrected chi connectivity index (χ2v) is 6.89. The van der Waals surface area contributed by atoms with E-state index in [1.54, 1.807) is 11.8 Å². The molecule has 2 rings (SSSR count). The first-order chi connectivity index (χ1) is 8.99. The minimum absolute atomic E-state index is 0.0160. The Morgan fingerprint density at radius 1 is 1.47 bits per heavy atom. The van der Waals surface area contributed by atoms with Gasteiger partial charge >= 0.3 is 0 Å². The Morgan fingerprint density at radius 2 is 2.16 bits per heavy atom. The highest BCUT2D eigenvalue weighted by atomic mass is 32.2. The van der Waals surface area contributed by atoms with E-state index in [4.69, 9.17) is 0 Å². The van der Waals surface area contributed by atoms with Crippen LogP contribution in [-0.4, -0.2) is 46.8 Å². The highest BCUT2D eigenvalue weighted by molar-refractivity contribution is 7.98. The maximum Gasteiger partial charge on any atom is 0.248 e. The van der Waals surface area contributed by atoms with Crippen LogP contribution in [0.5, 0.6) is 0 Å². The lowest BCUT2D eigenvalue weighted by atomic mass is 9.93. The van der Waals surface area contributed by atoms with Crippen molar-refractivity contribution in [1.29, 1.82) is 0 Å². The molecule has 0 aromatic carbocycles. The van der Waals surface area contributed by atoms with Gasteiger partial charge in [-0.15, -0.1) is 0 Å². The molecule has 5 heteroatoms. The van der Waals surface area contributed by atoms with E-state index < -0.39 is 5.54 Å². The van der Waals surface area contributed by atoms with Crippen LogP contribution in [0.3, 0.4) is 0 Å². The van der Waals surface area contributed by atoms with Gasteiger partial charge in [-0.05, 0) is 51.0 Å². The number of nitrogens with one attached hydrogen (secondary N) is 1. The topological polar surface area (TPSA) is 49.4 Å². The molecule has 2 fully saturated rings. The summed E-state index contributed by atoms with van der Waals surface area (Å²) in [6.45, 7) is 4.56. The summed E-state index contributed by atoms with van der Waals surface area (Å²) in [5.74, 6) is 1.51. The summed E-state index contributed by atoms with van der Waals surface area (Å²) >= 11 is 1.80. The number of thioether (sulfide) groups is 1. The molecule has 1 aliphatic carbocycles. The Morgan fingerprint density at radius 3 is 2.74 bits per heavy atom. The monoisotopic (exact) mass is 284 g/mol. The van der Waals surface area contributed by atoms with Gasteiger partial charge in [0.25, 0.3) is 0 Å². The highest BCUT2D eigenvalue weighted by Crippen LogP contribution is 2.41. The number of carbonyl (C=O) groups excluding carboxylic acids is 2. The van der Waals surface area contributed by atoms with Crippen molar-refractivity contribution in [3.63, 3.8) is 0 Å². The second-order valence-electron chi connectivity index (χ2n) is 5.90. The average molecular weight is 284 g/mol. The van der Waals surface area contributed by atoms with Crippen molar-refractivity contribution in [3.05, 3.63) is 0 Å². The van der Waals surface area contributed by atoms with Crippen molar-refractivity contribution in [3.8, 4) is 0 Å². The molecule has 4 nitrogen and oxygen atoms in total. The second kappa shape index (κ2) is 5.73. The van der Waals surface area contributed by atoms with Crippen LogP contribution in [-0.2, 0) is 9.59 Å². The van der Waals surface area contributed by atoms with Gasteiger partial charge < -0.3 is 10.2 Å². The normalized spacial score (nSPS) is 29.9. The van der Waals surface area contributed by atoms with Gasteiger partial charge in [0.15, 0.2) is 0 Å². The molecule has 1 aliphatic heterocycles. The molecule has 1 heterocycles. The lowest BCUT2D eigenvalue weighted by Gasteiger charge is -2.35. The van der Waals surface area contributed by atoms with Gasteiger partial charge in [-0.2, -0.15) is 11.8 Å². The lowest BCUT2D eigenvalue weighted by Crippen LogP contribution is -2.58. The molecule has 0 spiro atoms.